The van der Waals surface area contributed by atoms with Crippen LogP contribution in [0.5, 0.6) is 0 Å². The van der Waals surface area contributed by atoms with Crippen molar-refractivity contribution in [2.75, 3.05) is 0 Å². The third-order valence-corrected chi connectivity index (χ3v) is 3.88. The monoisotopic (exact) mass is 319 g/mol. The van der Waals surface area contributed by atoms with Gasteiger partial charge in [-0.2, -0.15) is 4.57 Å². The zero-order chi connectivity index (χ0) is 11.7. The van der Waals surface area contributed by atoms with Crippen molar-refractivity contribution in [2.24, 2.45) is 0 Å². The van der Waals surface area contributed by atoms with Crippen molar-refractivity contribution < 1.29 is 21.5 Å². The van der Waals surface area contributed by atoms with E-state index < -0.39 is 0 Å². The van der Waals surface area contributed by atoms with Crippen molar-refractivity contribution in [3.8, 4) is 0 Å². The van der Waals surface area contributed by atoms with E-state index in [9.17, 15) is 0 Å². The summed E-state index contributed by atoms with van der Waals surface area (Å²) < 4.78 is 3.66. The molecule has 0 aliphatic heterocycles. The summed E-state index contributed by atoms with van der Waals surface area (Å²) in [4.78, 5) is 0. The molecule has 18 heavy (non-hydrogen) atoms. The standard InChI is InChI=1S/C15H14NS.BrH/c1-12-5-4-6-13(9-12)10-16-11-17-15-8-3-2-7-14(15)16;/h2-9,11H,10H2,1H3;1H/q+1;/p-1. The molecule has 0 bridgehead atoms. The first-order valence-corrected chi connectivity index (χ1v) is 6.62. The SMILES string of the molecule is Cc1cccc(C[n+]2csc3ccccc32)c1.[Br-]. The summed E-state index contributed by atoms with van der Waals surface area (Å²) >= 11 is 1.80. The van der Waals surface area contributed by atoms with E-state index in [1.54, 1.807) is 11.3 Å². The average Bonchev–Trinajstić information content (AvgIpc) is 2.73. The van der Waals surface area contributed by atoms with Crippen molar-refractivity contribution in [3.63, 3.8) is 0 Å². The fourth-order valence-electron chi connectivity index (χ4n) is 2.10. The number of hydrogen-bond acceptors (Lipinski definition) is 1. The lowest BCUT2D eigenvalue weighted by atomic mass is 10.1. The predicted octanol–water partition coefficient (Wildman–Crippen LogP) is 0.550. The van der Waals surface area contributed by atoms with Gasteiger partial charge in [0.1, 0.15) is 4.70 Å². The first-order valence-electron chi connectivity index (χ1n) is 5.74. The van der Waals surface area contributed by atoms with Gasteiger partial charge in [-0.05, 0) is 19.1 Å². The molecule has 0 fully saturated rings. The molecule has 92 valence electrons. The Bertz CT molecular complexity index is 660. The number of thiazole rings is 1. The fourth-order valence-corrected chi connectivity index (χ4v) is 2.99. The number of nitrogens with zero attached hydrogens (tertiary/aromatic N) is 1. The number of halogens is 1. The topological polar surface area (TPSA) is 3.88 Å². The molecule has 0 unspecified atom stereocenters. The molecule has 1 nitrogen and oxygen atoms in total. The molecule has 0 N–H and O–H groups in total. The minimum absolute atomic E-state index is 0. The summed E-state index contributed by atoms with van der Waals surface area (Å²) in [5, 5.41) is 0. The van der Waals surface area contributed by atoms with Crippen molar-refractivity contribution in [1.29, 1.82) is 0 Å². The van der Waals surface area contributed by atoms with E-state index in [4.69, 9.17) is 0 Å². The van der Waals surface area contributed by atoms with E-state index in [1.165, 1.54) is 21.3 Å². The second-order valence-corrected chi connectivity index (χ2v) is 5.19. The van der Waals surface area contributed by atoms with Crippen molar-refractivity contribution in [3.05, 3.63) is 65.2 Å². The van der Waals surface area contributed by atoms with Gasteiger partial charge in [0.15, 0.2) is 6.54 Å². The Balaban J connectivity index is 0.00000120. The van der Waals surface area contributed by atoms with Gasteiger partial charge in [0.05, 0.1) is 0 Å². The number of rotatable bonds is 2. The van der Waals surface area contributed by atoms with Crippen LogP contribution in [0.3, 0.4) is 0 Å². The van der Waals surface area contributed by atoms with Crippen LogP contribution in [-0.2, 0) is 6.54 Å². The highest BCUT2D eigenvalue weighted by atomic mass is 79.9. The third-order valence-electron chi connectivity index (χ3n) is 2.92. The van der Waals surface area contributed by atoms with Gasteiger partial charge in [-0.15, -0.1) is 0 Å². The number of benzene rings is 2. The van der Waals surface area contributed by atoms with Crippen LogP contribution < -0.4 is 21.5 Å². The van der Waals surface area contributed by atoms with Gasteiger partial charge in [0.2, 0.25) is 11.0 Å². The van der Waals surface area contributed by atoms with Crippen LogP contribution in [0.1, 0.15) is 11.1 Å². The van der Waals surface area contributed by atoms with Crippen LogP contribution in [-0.4, -0.2) is 0 Å². The summed E-state index contributed by atoms with van der Waals surface area (Å²) in [6.45, 7) is 3.09. The van der Waals surface area contributed by atoms with E-state index >= 15 is 0 Å². The molecule has 0 aliphatic rings. The van der Waals surface area contributed by atoms with E-state index in [1.807, 2.05) is 0 Å². The normalized spacial score (nSPS) is 10.3. The Morgan fingerprint density at radius 2 is 1.89 bits per heavy atom. The molecule has 0 saturated heterocycles. The van der Waals surface area contributed by atoms with E-state index in [0.717, 1.165) is 6.54 Å². The van der Waals surface area contributed by atoms with E-state index in [2.05, 4.69) is 65.5 Å². The van der Waals surface area contributed by atoms with Crippen LogP contribution in [0.25, 0.3) is 10.2 Å². The molecule has 3 heteroatoms. The predicted molar refractivity (Wildman–Crippen MR) is 72.3 cm³/mol. The lowest BCUT2D eigenvalue weighted by Crippen LogP contribution is -3.00. The average molecular weight is 320 g/mol. The molecule has 1 heterocycles. The smallest absolute Gasteiger partial charge is 0.226 e. The molecule has 0 aliphatic carbocycles. The fraction of sp³-hybridized carbons (Fsp3) is 0.133. The van der Waals surface area contributed by atoms with Crippen LogP contribution in [0, 0.1) is 6.92 Å². The van der Waals surface area contributed by atoms with Gasteiger partial charge >= 0.3 is 0 Å². The van der Waals surface area contributed by atoms with Crippen LogP contribution in [0.4, 0.5) is 0 Å². The highest BCUT2D eigenvalue weighted by Gasteiger charge is 2.11. The van der Waals surface area contributed by atoms with Crippen LogP contribution in [0.2, 0.25) is 0 Å². The van der Waals surface area contributed by atoms with Gasteiger partial charge in [-0.1, -0.05) is 47.2 Å². The molecule has 3 rings (SSSR count). The first kappa shape index (κ1) is 13.2. The number of aryl methyl sites for hydroxylation is 1. The number of fused-ring (bicyclic) bond motifs is 1. The molecular formula is C15H14BrNS. The third kappa shape index (κ3) is 2.62. The Kier molecular flexibility index (Phi) is 4.15. The maximum Gasteiger partial charge on any atom is 0.226 e. The first-order chi connectivity index (χ1) is 8.33. The van der Waals surface area contributed by atoms with Crippen molar-refractivity contribution in [1.82, 2.24) is 0 Å². The molecule has 0 atom stereocenters. The van der Waals surface area contributed by atoms with E-state index in [-0.39, 0.29) is 17.0 Å². The van der Waals surface area contributed by atoms with Crippen molar-refractivity contribution >= 4 is 21.6 Å². The van der Waals surface area contributed by atoms with Gasteiger partial charge < -0.3 is 17.0 Å². The zero-order valence-corrected chi connectivity index (χ0v) is 12.5. The zero-order valence-electron chi connectivity index (χ0n) is 10.1. The second-order valence-electron chi connectivity index (χ2n) is 4.31. The van der Waals surface area contributed by atoms with Crippen molar-refractivity contribution in [2.45, 2.75) is 13.5 Å². The molecule has 1 aromatic heterocycles. The number of para-hydroxylation sites is 1. The molecule has 2 aromatic carbocycles. The quantitative estimate of drug-likeness (QED) is 0.607. The lowest BCUT2D eigenvalue weighted by molar-refractivity contribution is -0.658. The maximum absolute atomic E-state index is 2.31. The van der Waals surface area contributed by atoms with E-state index in [0.29, 0.717) is 0 Å². The highest BCUT2D eigenvalue weighted by Crippen LogP contribution is 2.15. The molecule has 0 saturated carbocycles. The number of aromatic nitrogens is 1. The van der Waals surface area contributed by atoms with Gasteiger partial charge in [0.25, 0.3) is 0 Å². The minimum atomic E-state index is 0. The summed E-state index contributed by atoms with van der Waals surface area (Å²) in [6, 6.07) is 17.2. The summed E-state index contributed by atoms with van der Waals surface area (Å²) in [7, 11) is 0. The largest absolute Gasteiger partial charge is 1.00 e. The molecule has 0 radical (unpaired) electrons. The molecular weight excluding hydrogens is 306 g/mol. The van der Waals surface area contributed by atoms with Gasteiger partial charge in [-0.3, -0.25) is 0 Å². The molecule has 0 amide bonds. The maximum atomic E-state index is 2.31. The summed E-state index contributed by atoms with van der Waals surface area (Å²) in [6.07, 6.45) is 0. The second kappa shape index (κ2) is 5.63. The Morgan fingerprint density at radius 1 is 1.06 bits per heavy atom. The van der Waals surface area contributed by atoms with Crippen LogP contribution in [0.15, 0.2) is 54.0 Å². The Labute approximate surface area is 121 Å². The molecule has 0 spiro atoms. The summed E-state index contributed by atoms with van der Waals surface area (Å²) in [5.74, 6) is 0. The molecule has 3 aromatic rings. The van der Waals surface area contributed by atoms with Gasteiger partial charge in [-0.25, -0.2) is 0 Å². The lowest BCUT2D eigenvalue weighted by Gasteiger charge is -1.98. The highest BCUT2D eigenvalue weighted by molar-refractivity contribution is 7.16. The Hall–Kier alpha value is -1.19. The number of hydrogen-bond donors (Lipinski definition) is 0. The van der Waals surface area contributed by atoms with Crippen LogP contribution >= 0.6 is 11.3 Å². The van der Waals surface area contributed by atoms with Gasteiger partial charge in [0, 0.05) is 11.6 Å². The Morgan fingerprint density at radius 3 is 2.72 bits per heavy atom. The summed E-state index contributed by atoms with van der Waals surface area (Å²) in [5.41, 5.74) is 6.20. The minimum Gasteiger partial charge on any atom is -1.00 e.